The SMILES string of the molecule is CNC(=O)CNCc1cc(Cl)ccc1O. The Morgan fingerprint density at radius 3 is 2.93 bits per heavy atom. The number of likely N-dealkylation sites (N-methyl/N-ethyl adjacent to an activating group) is 1. The molecule has 0 fully saturated rings. The van der Waals surface area contributed by atoms with Gasteiger partial charge in [-0.3, -0.25) is 4.79 Å². The zero-order valence-corrected chi connectivity index (χ0v) is 9.14. The summed E-state index contributed by atoms with van der Waals surface area (Å²) >= 11 is 5.77. The van der Waals surface area contributed by atoms with Gasteiger partial charge in [0.1, 0.15) is 5.75 Å². The molecular formula is C10H13ClN2O2. The van der Waals surface area contributed by atoms with Gasteiger partial charge >= 0.3 is 0 Å². The summed E-state index contributed by atoms with van der Waals surface area (Å²) < 4.78 is 0. The number of hydrogen-bond acceptors (Lipinski definition) is 3. The molecule has 0 radical (unpaired) electrons. The predicted octanol–water partition coefficient (Wildman–Crippen LogP) is 0.881. The largest absolute Gasteiger partial charge is 0.508 e. The lowest BCUT2D eigenvalue weighted by Gasteiger charge is -2.06. The van der Waals surface area contributed by atoms with Gasteiger partial charge in [-0.1, -0.05) is 11.6 Å². The molecule has 0 unspecified atom stereocenters. The molecule has 1 amide bonds. The maximum atomic E-state index is 10.9. The highest BCUT2D eigenvalue weighted by molar-refractivity contribution is 6.30. The van der Waals surface area contributed by atoms with Gasteiger partial charge in [0, 0.05) is 24.2 Å². The molecule has 3 N–H and O–H groups in total. The lowest BCUT2D eigenvalue weighted by Crippen LogP contribution is -2.30. The van der Waals surface area contributed by atoms with E-state index in [2.05, 4.69) is 10.6 Å². The molecule has 1 aromatic rings. The van der Waals surface area contributed by atoms with Crippen molar-refractivity contribution in [3.05, 3.63) is 28.8 Å². The first-order chi connectivity index (χ1) is 7.13. The highest BCUT2D eigenvalue weighted by Gasteiger charge is 2.02. The molecule has 0 aromatic heterocycles. The van der Waals surface area contributed by atoms with E-state index in [1.807, 2.05) is 0 Å². The second-order valence-electron chi connectivity index (χ2n) is 3.05. The third-order valence-corrected chi connectivity index (χ3v) is 2.16. The van der Waals surface area contributed by atoms with Crippen LogP contribution in [-0.2, 0) is 11.3 Å². The van der Waals surface area contributed by atoms with Crippen LogP contribution in [0.5, 0.6) is 5.75 Å². The third-order valence-electron chi connectivity index (χ3n) is 1.92. The van der Waals surface area contributed by atoms with Gasteiger partial charge in [0.05, 0.1) is 6.54 Å². The van der Waals surface area contributed by atoms with Crippen molar-refractivity contribution in [3.8, 4) is 5.75 Å². The highest BCUT2D eigenvalue weighted by Crippen LogP contribution is 2.20. The average Bonchev–Trinajstić information content (AvgIpc) is 2.23. The topological polar surface area (TPSA) is 61.4 Å². The number of benzene rings is 1. The molecule has 0 aliphatic carbocycles. The van der Waals surface area contributed by atoms with E-state index in [0.29, 0.717) is 17.1 Å². The molecular weight excluding hydrogens is 216 g/mol. The van der Waals surface area contributed by atoms with Crippen LogP contribution >= 0.6 is 11.6 Å². The molecule has 0 bridgehead atoms. The molecule has 0 heterocycles. The summed E-state index contributed by atoms with van der Waals surface area (Å²) in [5, 5.41) is 15.4. The van der Waals surface area contributed by atoms with Gasteiger partial charge in [-0.05, 0) is 18.2 Å². The lowest BCUT2D eigenvalue weighted by atomic mass is 10.2. The highest BCUT2D eigenvalue weighted by atomic mass is 35.5. The van der Waals surface area contributed by atoms with Crippen LogP contribution in [0.15, 0.2) is 18.2 Å². The summed E-state index contributed by atoms with van der Waals surface area (Å²) in [7, 11) is 1.57. The molecule has 82 valence electrons. The Morgan fingerprint density at radius 2 is 2.27 bits per heavy atom. The van der Waals surface area contributed by atoms with Gasteiger partial charge in [0.2, 0.25) is 5.91 Å². The number of phenolic OH excluding ortho intramolecular Hbond substituents is 1. The van der Waals surface area contributed by atoms with Crippen LogP contribution in [-0.4, -0.2) is 24.6 Å². The Kier molecular flexibility index (Phi) is 4.39. The minimum absolute atomic E-state index is 0.100. The quantitative estimate of drug-likeness (QED) is 0.717. The number of rotatable bonds is 4. The zero-order valence-electron chi connectivity index (χ0n) is 8.38. The number of phenols is 1. The molecule has 15 heavy (non-hydrogen) atoms. The molecule has 0 spiro atoms. The van der Waals surface area contributed by atoms with Crippen molar-refractivity contribution in [2.24, 2.45) is 0 Å². The summed E-state index contributed by atoms with van der Waals surface area (Å²) in [4.78, 5) is 10.9. The van der Waals surface area contributed by atoms with E-state index in [1.165, 1.54) is 6.07 Å². The van der Waals surface area contributed by atoms with Crippen molar-refractivity contribution < 1.29 is 9.90 Å². The molecule has 0 saturated carbocycles. The third kappa shape index (κ3) is 3.77. The van der Waals surface area contributed by atoms with E-state index in [9.17, 15) is 9.90 Å². The Balaban J connectivity index is 2.50. The van der Waals surface area contributed by atoms with Crippen molar-refractivity contribution in [1.29, 1.82) is 0 Å². The fraction of sp³-hybridized carbons (Fsp3) is 0.300. The fourth-order valence-corrected chi connectivity index (χ4v) is 1.29. The summed E-state index contributed by atoms with van der Waals surface area (Å²) in [5.74, 6) is 0.0697. The standard InChI is InChI=1S/C10H13ClN2O2/c1-12-10(15)6-13-5-7-4-8(11)2-3-9(7)14/h2-4,13-14H,5-6H2,1H3,(H,12,15). The number of carbonyl (C=O) groups excluding carboxylic acids is 1. The molecule has 4 nitrogen and oxygen atoms in total. The van der Waals surface area contributed by atoms with Gasteiger partial charge < -0.3 is 15.7 Å². The molecule has 0 saturated heterocycles. The van der Waals surface area contributed by atoms with Crippen LogP contribution in [0.2, 0.25) is 5.02 Å². The molecule has 1 rings (SSSR count). The second-order valence-corrected chi connectivity index (χ2v) is 3.49. The van der Waals surface area contributed by atoms with Crippen molar-refractivity contribution in [3.63, 3.8) is 0 Å². The van der Waals surface area contributed by atoms with Crippen LogP contribution < -0.4 is 10.6 Å². The number of nitrogens with one attached hydrogen (secondary N) is 2. The minimum atomic E-state index is -0.100. The predicted molar refractivity (Wildman–Crippen MR) is 58.9 cm³/mol. The first-order valence-corrected chi connectivity index (χ1v) is 4.90. The van der Waals surface area contributed by atoms with Crippen LogP contribution in [0.4, 0.5) is 0 Å². The zero-order chi connectivity index (χ0) is 11.3. The van der Waals surface area contributed by atoms with Crippen LogP contribution in [0.25, 0.3) is 0 Å². The maximum absolute atomic E-state index is 10.9. The van der Waals surface area contributed by atoms with E-state index in [1.54, 1.807) is 19.2 Å². The monoisotopic (exact) mass is 228 g/mol. The van der Waals surface area contributed by atoms with Gasteiger partial charge in [0.15, 0.2) is 0 Å². The van der Waals surface area contributed by atoms with Crippen LogP contribution in [0.1, 0.15) is 5.56 Å². The molecule has 0 aliphatic rings. The average molecular weight is 229 g/mol. The van der Waals surface area contributed by atoms with Crippen LogP contribution in [0, 0.1) is 0 Å². The van der Waals surface area contributed by atoms with Crippen molar-refractivity contribution in [2.75, 3.05) is 13.6 Å². The van der Waals surface area contributed by atoms with Crippen molar-refractivity contribution >= 4 is 17.5 Å². The number of halogens is 1. The normalized spacial score (nSPS) is 10.0. The van der Waals surface area contributed by atoms with Crippen LogP contribution in [0.3, 0.4) is 0 Å². The van der Waals surface area contributed by atoms with Gasteiger partial charge in [-0.15, -0.1) is 0 Å². The minimum Gasteiger partial charge on any atom is -0.508 e. The van der Waals surface area contributed by atoms with Gasteiger partial charge in [0.25, 0.3) is 0 Å². The molecule has 5 heteroatoms. The molecule has 0 aliphatic heterocycles. The number of amides is 1. The van der Waals surface area contributed by atoms with E-state index in [0.717, 1.165) is 0 Å². The number of hydrogen-bond donors (Lipinski definition) is 3. The summed E-state index contributed by atoms with van der Waals surface area (Å²) in [5.41, 5.74) is 0.673. The smallest absolute Gasteiger partial charge is 0.233 e. The molecule has 1 aromatic carbocycles. The van der Waals surface area contributed by atoms with Gasteiger partial charge in [-0.25, -0.2) is 0 Å². The fourth-order valence-electron chi connectivity index (χ4n) is 1.09. The van der Waals surface area contributed by atoms with Crippen molar-refractivity contribution in [2.45, 2.75) is 6.54 Å². The Labute approximate surface area is 93.2 Å². The first kappa shape index (κ1) is 11.8. The summed E-state index contributed by atoms with van der Waals surface area (Å²) in [6.07, 6.45) is 0. The van der Waals surface area contributed by atoms with Crippen molar-refractivity contribution in [1.82, 2.24) is 10.6 Å². The van der Waals surface area contributed by atoms with Gasteiger partial charge in [-0.2, -0.15) is 0 Å². The summed E-state index contributed by atoms with van der Waals surface area (Å²) in [6.45, 7) is 0.613. The second kappa shape index (κ2) is 5.58. The maximum Gasteiger partial charge on any atom is 0.233 e. The van der Waals surface area contributed by atoms with E-state index in [-0.39, 0.29) is 18.2 Å². The lowest BCUT2D eigenvalue weighted by molar-refractivity contribution is -0.119. The Bertz CT molecular complexity index is 355. The van der Waals surface area contributed by atoms with E-state index < -0.39 is 0 Å². The Morgan fingerprint density at radius 1 is 1.53 bits per heavy atom. The first-order valence-electron chi connectivity index (χ1n) is 4.52. The van der Waals surface area contributed by atoms with E-state index >= 15 is 0 Å². The van der Waals surface area contributed by atoms with E-state index in [4.69, 9.17) is 11.6 Å². The number of carbonyl (C=O) groups is 1. The summed E-state index contributed by atoms with van der Waals surface area (Å²) in [6, 6.07) is 4.80. The Hall–Kier alpha value is -1.26. The number of aromatic hydroxyl groups is 1. The molecule has 0 atom stereocenters.